The Morgan fingerprint density at radius 1 is 1.41 bits per heavy atom. The van der Waals surface area contributed by atoms with E-state index in [2.05, 4.69) is 26.5 Å². The van der Waals surface area contributed by atoms with Crippen molar-refractivity contribution in [3.63, 3.8) is 0 Å². The largest absolute Gasteiger partial charge is 0.459 e. The Balaban J connectivity index is 0.00000240. The SMILES string of the molecule is CN=C(NCc1oc2ccc(F)cc2c1C)N1CCC(Cc2cnn(C)c2)C1.I. The van der Waals surface area contributed by atoms with E-state index in [0.717, 1.165) is 48.6 Å². The van der Waals surface area contributed by atoms with Gasteiger partial charge in [0.15, 0.2) is 5.96 Å². The van der Waals surface area contributed by atoms with Crippen molar-refractivity contribution in [3.8, 4) is 0 Å². The van der Waals surface area contributed by atoms with Crippen LogP contribution >= 0.6 is 24.0 Å². The van der Waals surface area contributed by atoms with E-state index < -0.39 is 0 Å². The van der Waals surface area contributed by atoms with Crippen LogP contribution in [0.2, 0.25) is 0 Å². The number of furan rings is 1. The number of benzene rings is 1. The van der Waals surface area contributed by atoms with Crippen LogP contribution in [0.5, 0.6) is 0 Å². The molecule has 0 spiro atoms. The van der Waals surface area contributed by atoms with Crippen LogP contribution in [0.1, 0.15) is 23.3 Å². The lowest BCUT2D eigenvalue weighted by Gasteiger charge is -2.21. The molecule has 1 aliphatic heterocycles. The number of rotatable bonds is 4. The Morgan fingerprint density at radius 2 is 2.24 bits per heavy atom. The maximum Gasteiger partial charge on any atom is 0.194 e. The van der Waals surface area contributed by atoms with E-state index in [9.17, 15) is 4.39 Å². The molecule has 3 aromatic rings. The topological polar surface area (TPSA) is 58.6 Å². The number of hydrogen-bond donors (Lipinski definition) is 1. The van der Waals surface area contributed by atoms with Crippen LogP contribution in [-0.4, -0.2) is 40.8 Å². The second-order valence-corrected chi connectivity index (χ2v) is 7.52. The molecule has 1 N–H and O–H groups in total. The lowest BCUT2D eigenvalue weighted by molar-refractivity contribution is 0.452. The fraction of sp³-hybridized carbons (Fsp3) is 0.429. The first-order chi connectivity index (χ1) is 13.5. The zero-order valence-electron chi connectivity index (χ0n) is 17.0. The molecule has 1 unspecified atom stereocenters. The summed E-state index contributed by atoms with van der Waals surface area (Å²) in [6.45, 7) is 4.44. The van der Waals surface area contributed by atoms with E-state index in [1.54, 1.807) is 13.1 Å². The van der Waals surface area contributed by atoms with Gasteiger partial charge in [-0.3, -0.25) is 9.67 Å². The van der Waals surface area contributed by atoms with Gasteiger partial charge in [0.2, 0.25) is 0 Å². The third-order valence-electron chi connectivity index (χ3n) is 5.48. The van der Waals surface area contributed by atoms with Crippen LogP contribution in [-0.2, 0) is 20.0 Å². The minimum atomic E-state index is -0.247. The fourth-order valence-corrected chi connectivity index (χ4v) is 4.01. The lowest BCUT2D eigenvalue weighted by Crippen LogP contribution is -2.39. The Kier molecular flexibility index (Phi) is 6.81. The van der Waals surface area contributed by atoms with Gasteiger partial charge in [0.25, 0.3) is 0 Å². The number of fused-ring (bicyclic) bond motifs is 1. The van der Waals surface area contributed by atoms with Crippen molar-refractivity contribution in [1.29, 1.82) is 0 Å². The highest BCUT2D eigenvalue weighted by Crippen LogP contribution is 2.26. The van der Waals surface area contributed by atoms with Gasteiger partial charge in [-0.05, 0) is 49.4 Å². The Hall–Kier alpha value is -2.10. The quantitative estimate of drug-likeness (QED) is 0.328. The first-order valence-electron chi connectivity index (χ1n) is 9.64. The summed E-state index contributed by atoms with van der Waals surface area (Å²) in [5, 5.41) is 8.48. The number of hydrogen-bond acceptors (Lipinski definition) is 3. The number of nitrogens with zero attached hydrogens (tertiary/aromatic N) is 4. The predicted molar refractivity (Wildman–Crippen MR) is 123 cm³/mol. The van der Waals surface area contributed by atoms with Crippen molar-refractivity contribution in [2.45, 2.75) is 26.3 Å². The molecule has 4 rings (SSSR count). The second kappa shape index (κ2) is 9.15. The summed E-state index contributed by atoms with van der Waals surface area (Å²) in [5.41, 5.74) is 2.96. The van der Waals surface area contributed by atoms with Crippen LogP contribution < -0.4 is 5.32 Å². The van der Waals surface area contributed by atoms with Gasteiger partial charge in [0.05, 0.1) is 12.7 Å². The molecular weight excluding hydrogens is 484 g/mol. The first-order valence-corrected chi connectivity index (χ1v) is 9.64. The summed E-state index contributed by atoms with van der Waals surface area (Å²) < 4.78 is 21.3. The number of guanidine groups is 1. The molecular formula is C21H27FIN5O. The average molecular weight is 511 g/mol. The summed E-state index contributed by atoms with van der Waals surface area (Å²) in [6.07, 6.45) is 6.21. The van der Waals surface area contributed by atoms with Crippen molar-refractivity contribution < 1.29 is 8.81 Å². The standard InChI is InChI=1S/C21H26FN5O.HI/c1-14-18-9-17(22)4-5-19(18)28-20(14)11-24-21(23-2)27-7-6-15(13-27)8-16-10-25-26(3)12-16;/h4-5,9-10,12,15H,6-8,11,13H2,1-3H3,(H,23,24);1H. The minimum absolute atomic E-state index is 0. The Morgan fingerprint density at radius 3 is 2.97 bits per heavy atom. The van der Waals surface area contributed by atoms with E-state index in [0.29, 0.717) is 18.0 Å². The van der Waals surface area contributed by atoms with Crippen molar-refractivity contribution in [1.82, 2.24) is 20.0 Å². The number of aliphatic imine (C=N–C) groups is 1. The van der Waals surface area contributed by atoms with Crippen LogP contribution in [0, 0.1) is 18.7 Å². The van der Waals surface area contributed by atoms with Gasteiger partial charge >= 0.3 is 0 Å². The zero-order valence-corrected chi connectivity index (χ0v) is 19.3. The van der Waals surface area contributed by atoms with Crippen molar-refractivity contribution in [3.05, 3.63) is 53.3 Å². The highest BCUT2D eigenvalue weighted by atomic mass is 127. The smallest absolute Gasteiger partial charge is 0.194 e. The molecule has 0 amide bonds. The molecule has 8 heteroatoms. The van der Waals surface area contributed by atoms with E-state index in [-0.39, 0.29) is 29.8 Å². The molecule has 29 heavy (non-hydrogen) atoms. The van der Waals surface area contributed by atoms with Crippen LogP contribution in [0.3, 0.4) is 0 Å². The number of aryl methyl sites for hydroxylation is 2. The third kappa shape index (κ3) is 4.73. The monoisotopic (exact) mass is 511 g/mol. The minimum Gasteiger partial charge on any atom is -0.459 e. The van der Waals surface area contributed by atoms with Crippen LogP contribution in [0.15, 0.2) is 40.0 Å². The van der Waals surface area contributed by atoms with Crippen LogP contribution in [0.4, 0.5) is 4.39 Å². The molecule has 2 aromatic heterocycles. The second-order valence-electron chi connectivity index (χ2n) is 7.52. The molecule has 0 radical (unpaired) electrons. The van der Waals surface area contributed by atoms with Crippen LogP contribution in [0.25, 0.3) is 11.0 Å². The zero-order chi connectivity index (χ0) is 19.7. The average Bonchev–Trinajstić information content (AvgIpc) is 3.38. The van der Waals surface area contributed by atoms with Gasteiger partial charge in [0, 0.05) is 44.3 Å². The van der Waals surface area contributed by atoms with Gasteiger partial charge in [-0.1, -0.05) is 0 Å². The van der Waals surface area contributed by atoms with E-state index >= 15 is 0 Å². The van der Waals surface area contributed by atoms with Crippen molar-refractivity contribution in [2.24, 2.45) is 18.0 Å². The molecule has 1 fully saturated rings. The van der Waals surface area contributed by atoms with Crippen molar-refractivity contribution in [2.75, 3.05) is 20.1 Å². The summed E-state index contributed by atoms with van der Waals surface area (Å²) in [7, 11) is 3.75. The van der Waals surface area contributed by atoms with Gasteiger partial charge < -0.3 is 14.6 Å². The molecule has 1 atom stereocenters. The summed E-state index contributed by atoms with van der Waals surface area (Å²) in [5.74, 6) is 2.04. The molecule has 6 nitrogen and oxygen atoms in total. The van der Waals surface area contributed by atoms with E-state index in [1.807, 2.05) is 24.9 Å². The molecule has 156 valence electrons. The molecule has 0 bridgehead atoms. The molecule has 1 saturated heterocycles. The highest BCUT2D eigenvalue weighted by molar-refractivity contribution is 14.0. The normalized spacial score (nSPS) is 17.0. The summed E-state index contributed by atoms with van der Waals surface area (Å²) in [4.78, 5) is 6.73. The predicted octanol–water partition coefficient (Wildman–Crippen LogP) is 3.87. The maximum absolute atomic E-state index is 13.5. The van der Waals surface area contributed by atoms with E-state index in [4.69, 9.17) is 4.42 Å². The highest BCUT2D eigenvalue weighted by Gasteiger charge is 2.25. The Labute approximate surface area is 187 Å². The number of halogens is 2. The van der Waals surface area contributed by atoms with Gasteiger partial charge in [0.1, 0.15) is 17.2 Å². The van der Waals surface area contributed by atoms with Gasteiger partial charge in [-0.15, -0.1) is 24.0 Å². The molecule has 0 aliphatic carbocycles. The molecule has 3 heterocycles. The molecule has 0 saturated carbocycles. The molecule has 1 aliphatic rings. The number of nitrogens with one attached hydrogen (secondary N) is 1. The van der Waals surface area contributed by atoms with Crippen molar-refractivity contribution >= 4 is 40.9 Å². The van der Waals surface area contributed by atoms with Gasteiger partial charge in [-0.2, -0.15) is 5.10 Å². The Bertz CT molecular complexity index is 1010. The first kappa shape index (κ1) is 21.6. The van der Waals surface area contributed by atoms with Gasteiger partial charge in [-0.25, -0.2) is 4.39 Å². The number of aromatic nitrogens is 2. The summed E-state index contributed by atoms with van der Waals surface area (Å²) >= 11 is 0. The third-order valence-corrected chi connectivity index (χ3v) is 5.48. The summed E-state index contributed by atoms with van der Waals surface area (Å²) in [6, 6.07) is 4.63. The molecule has 1 aromatic carbocycles. The lowest BCUT2D eigenvalue weighted by atomic mass is 10.0. The number of likely N-dealkylation sites (tertiary alicyclic amines) is 1. The van der Waals surface area contributed by atoms with E-state index in [1.165, 1.54) is 17.7 Å². The maximum atomic E-state index is 13.5. The fourth-order valence-electron chi connectivity index (χ4n) is 4.01.